The van der Waals surface area contributed by atoms with E-state index in [1.54, 1.807) is 18.3 Å². The Morgan fingerprint density at radius 1 is 1.08 bits per heavy atom. The summed E-state index contributed by atoms with van der Waals surface area (Å²) in [6.45, 7) is 1.86. The van der Waals surface area contributed by atoms with Gasteiger partial charge >= 0.3 is 6.36 Å². The second-order valence-corrected chi connectivity index (χ2v) is 8.77. The van der Waals surface area contributed by atoms with Crippen molar-refractivity contribution in [3.63, 3.8) is 0 Å². The third-order valence-corrected chi connectivity index (χ3v) is 6.12. The number of amides is 1. The number of aromatic nitrogens is 1. The number of rotatable bonds is 7. The quantitative estimate of drug-likeness (QED) is 0.414. The Labute approximate surface area is 217 Å². The number of carbonyl (C=O) groups excluding carboxylic acids is 1. The third kappa shape index (κ3) is 6.17. The lowest BCUT2D eigenvalue weighted by molar-refractivity contribution is -0.274. The Kier molecular flexibility index (Phi) is 7.66. The molecule has 1 saturated heterocycles. The van der Waals surface area contributed by atoms with Crippen molar-refractivity contribution >= 4 is 23.1 Å². The molecule has 0 radical (unpaired) electrons. The predicted molar refractivity (Wildman–Crippen MR) is 133 cm³/mol. The van der Waals surface area contributed by atoms with Gasteiger partial charge in [0.05, 0.1) is 24.4 Å². The highest BCUT2D eigenvalue weighted by Gasteiger charge is 2.31. The molecular weight excluding hydrogens is 503 g/mol. The number of alkyl halides is 3. The lowest BCUT2D eigenvalue weighted by Gasteiger charge is -2.32. The van der Waals surface area contributed by atoms with Crippen LogP contribution in [-0.4, -0.2) is 43.3 Å². The Bertz CT molecular complexity index is 1260. The van der Waals surface area contributed by atoms with E-state index in [2.05, 4.69) is 15.0 Å². The van der Waals surface area contributed by atoms with Crippen LogP contribution < -0.4 is 19.7 Å². The molecule has 2 aliphatic heterocycles. The summed E-state index contributed by atoms with van der Waals surface area (Å²) in [6, 6.07) is 13.9. The number of ether oxygens (including phenoxy) is 4. The molecule has 1 unspecified atom stereocenters. The molecule has 0 saturated carbocycles. The van der Waals surface area contributed by atoms with Crippen LogP contribution >= 0.6 is 0 Å². The number of benzene rings is 2. The van der Waals surface area contributed by atoms with Crippen LogP contribution in [0.2, 0.25) is 0 Å². The van der Waals surface area contributed by atoms with E-state index >= 15 is 0 Å². The second kappa shape index (κ2) is 11.3. The first kappa shape index (κ1) is 25.8. The molecular formula is C27H26F3N3O5. The summed E-state index contributed by atoms with van der Waals surface area (Å²) in [7, 11) is 0. The number of hydrogen-bond donors (Lipinski definition) is 1. The Morgan fingerprint density at radius 3 is 2.68 bits per heavy atom. The molecule has 3 heterocycles. The number of fused-ring (bicyclic) bond motifs is 1. The Hall–Kier alpha value is -3.83. The van der Waals surface area contributed by atoms with E-state index in [1.165, 1.54) is 12.1 Å². The van der Waals surface area contributed by atoms with Crippen LogP contribution in [0.15, 0.2) is 60.8 Å². The van der Waals surface area contributed by atoms with E-state index in [-0.39, 0.29) is 17.6 Å². The number of carbonyl (C=O) groups is 1. The first-order valence-corrected chi connectivity index (χ1v) is 12.2. The maximum absolute atomic E-state index is 13.1. The molecule has 1 amide bonds. The summed E-state index contributed by atoms with van der Waals surface area (Å²) in [6.07, 6.45) is -0.368. The molecule has 1 N–H and O–H groups in total. The van der Waals surface area contributed by atoms with Crippen LogP contribution in [-0.2, 0) is 16.1 Å². The molecule has 3 aromatic rings. The van der Waals surface area contributed by atoms with Gasteiger partial charge in [0.25, 0.3) is 5.91 Å². The van der Waals surface area contributed by atoms with Crippen molar-refractivity contribution in [2.24, 2.45) is 0 Å². The van der Waals surface area contributed by atoms with Crippen LogP contribution in [0.5, 0.6) is 11.5 Å². The Morgan fingerprint density at radius 2 is 1.92 bits per heavy atom. The first-order valence-electron chi connectivity index (χ1n) is 12.2. The normalized spacial score (nSPS) is 17.3. The van der Waals surface area contributed by atoms with Gasteiger partial charge in [-0.1, -0.05) is 12.1 Å². The molecule has 0 bridgehead atoms. The standard InChI is InChI=1S/C27H26F3N3O5/c28-27(29,30)38-20-11-9-19(10-12-20)32-26(34)21-6-3-7-22-24(21)36-16-14-33(22)25-18(5-4-13-31-25)17-37-23-8-1-2-15-35-23/h3-7,9-13,23H,1-2,8,14-17H2,(H,32,34). The average Bonchev–Trinajstić information content (AvgIpc) is 2.92. The van der Waals surface area contributed by atoms with Gasteiger partial charge in [-0.15, -0.1) is 13.2 Å². The molecule has 5 rings (SSSR count). The summed E-state index contributed by atoms with van der Waals surface area (Å²) in [4.78, 5) is 19.7. The molecule has 200 valence electrons. The van der Waals surface area contributed by atoms with Gasteiger partial charge in [-0.2, -0.15) is 0 Å². The lowest BCUT2D eigenvalue weighted by atomic mass is 10.1. The minimum absolute atomic E-state index is 0.238. The lowest BCUT2D eigenvalue weighted by Crippen LogP contribution is -2.31. The monoisotopic (exact) mass is 529 g/mol. The van der Waals surface area contributed by atoms with Gasteiger partial charge in [0, 0.05) is 24.1 Å². The zero-order chi connectivity index (χ0) is 26.5. The number of nitrogens with zero attached hydrogens (tertiary/aromatic N) is 2. The summed E-state index contributed by atoms with van der Waals surface area (Å²) in [5.41, 5.74) is 2.15. The number of para-hydroxylation sites is 1. The summed E-state index contributed by atoms with van der Waals surface area (Å²) >= 11 is 0. The largest absolute Gasteiger partial charge is 0.573 e. The van der Waals surface area contributed by atoms with Gasteiger partial charge in [0.2, 0.25) is 0 Å². The van der Waals surface area contributed by atoms with E-state index in [1.807, 2.05) is 23.1 Å². The van der Waals surface area contributed by atoms with Gasteiger partial charge in [0.15, 0.2) is 12.0 Å². The fourth-order valence-electron chi connectivity index (χ4n) is 4.40. The summed E-state index contributed by atoms with van der Waals surface area (Å²) < 4.78 is 58.7. The molecule has 1 aromatic heterocycles. The number of pyridine rings is 1. The third-order valence-electron chi connectivity index (χ3n) is 6.12. The smallest absolute Gasteiger partial charge is 0.489 e. The number of anilines is 3. The molecule has 0 aliphatic carbocycles. The fourth-order valence-corrected chi connectivity index (χ4v) is 4.40. The molecule has 1 atom stereocenters. The van der Waals surface area contributed by atoms with E-state index < -0.39 is 12.3 Å². The van der Waals surface area contributed by atoms with E-state index in [0.717, 1.165) is 37.0 Å². The average molecular weight is 530 g/mol. The molecule has 2 aliphatic rings. The van der Waals surface area contributed by atoms with Crippen molar-refractivity contribution in [1.29, 1.82) is 0 Å². The molecule has 0 spiro atoms. The zero-order valence-corrected chi connectivity index (χ0v) is 20.4. The Balaban J connectivity index is 1.34. The van der Waals surface area contributed by atoms with E-state index in [9.17, 15) is 18.0 Å². The van der Waals surface area contributed by atoms with E-state index in [4.69, 9.17) is 14.2 Å². The topological polar surface area (TPSA) is 82.2 Å². The molecule has 1 fully saturated rings. The van der Waals surface area contributed by atoms with Crippen LogP contribution in [0.4, 0.5) is 30.4 Å². The minimum Gasteiger partial charge on any atom is -0.489 e. The van der Waals surface area contributed by atoms with Crippen LogP contribution in [0.1, 0.15) is 35.2 Å². The number of nitrogens with one attached hydrogen (secondary N) is 1. The van der Waals surface area contributed by atoms with Crippen LogP contribution in [0.3, 0.4) is 0 Å². The van der Waals surface area contributed by atoms with Crippen molar-refractivity contribution in [2.75, 3.05) is 30.0 Å². The highest BCUT2D eigenvalue weighted by Crippen LogP contribution is 2.40. The highest BCUT2D eigenvalue weighted by atomic mass is 19.4. The van der Waals surface area contributed by atoms with Crippen molar-refractivity contribution in [2.45, 2.75) is 38.5 Å². The summed E-state index contributed by atoms with van der Waals surface area (Å²) in [5, 5.41) is 2.70. The van der Waals surface area contributed by atoms with Crippen molar-refractivity contribution in [3.8, 4) is 11.5 Å². The SMILES string of the molecule is O=C(Nc1ccc(OC(F)(F)F)cc1)c1cccc2c1OCCN2c1ncccc1COC1CCCCO1. The number of hydrogen-bond acceptors (Lipinski definition) is 7. The van der Waals surface area contributed by atoms with Crippen LogP contribution in [0, 0.1) is 0 Å². The second-order valence-electron chi connectivity index (χ2n) is 8.77. The molecule has 8 nitrogen and oxygen atoms in total. The highest BCUT2D eigenvalue weighted by molar-refractivity contribution is 6.07. The molecule has 38 heavy (non-hydrogen) atoms. The van der Waals surface area contributed by atoms with E-state index in [0.29, 0.717) is 49.3 Å². The molecule has 2 aromatic carbocycles. The summed E-state index contributed by atoms with van der Waals surface area (Å²) in [5.74, 6) is 0.246. The minimum atomic E-state index is -4.79. The van der Waals surface area contributed by atoms with Crippen molar-refractivity contribution < 1.29 is 36.9 Å². The predicted octanol–water partition coefficient (Wildman–Crippen LogP) is 5.81. The maximum atomic E-state index is 13.1. The van der Waals surface area contributed by atoms with Crippen LogP contribution in [0.25, 0.3) is 0 Å². The van der Waals surface area contributed by atoms with Gasteiger partial charge in [-0.05, 0) is 61.7 Å². The van der Waals surface area contributed by atoms with Gasteiger partial charge in [-0.3, -0.25) is 4.79 Å². The van der Waals surface area contributed by atoms with Crippen molar-refractivity contribution in [1.82, 2.24) is 4.98 Å². The van der Waals surface area contributed by atoms with Gasteiger partial charge in [0.1, 0.15) is 18.2 Å². The molecule has 11 heteroatoms. The van der Waals surface area contributed by atoms with Crippen molar-refractivity contribution in [3.05, 3.63) is 71.9 Å². The zero-order valence-electron chi connectivity index (χ0n) is 20.4. The fraction of sp³-hybridized carbons (Fsp3) is 0.333. The number of halogens is 3. The van der Waals surface area contributed by atoms with Gasteiger partial charge < -0.3 is 29.2 Å². The first-order chi connectivity index (χ1) is 18.4. The maximum Gasteiger partial charge on any atom is 0.573 e. The van der Waals surface area contributed by atoms with Gasteiger partial charge in [-0.25, -0.2) is 4.98 Å².